The van der Waals surface area contributed by atoms with E-state index in [0.717, 1.165) is 6.92 Å². The molecule has 0 aliphatic heterocycles. The number of esters is 1. The van der Waals surface area contributed by atoms with Crippen molar-refractivity contribution in [3.8, 4) is 0 Å². The van der Waals surface area contributed by atoms with Gasteiger partial charge in [-0.2, -0.15) is 65.9 Å². The SMILES string of the molecule is CCC(C)(C(=O)OC1CC2CC1C(CC(O)(C(F)(F)F)C(F)(F)F)C2CC(O)(C(F)(F)F)C(F)(F)F)C(F)(F)F. The Morgan fingerprint density at radius 2 is 1.05 bits per heavy atom. The van der Waals surface area contributed by atoms with Gasteiger partial charge in [-0.05, 0) is 62.7 Å². The van der Waals surface area contributed by atoms with Crippen molar-refractivity contribution < 1.29 is 85.6 Å². The lowest BCUT2D eigenvalue weighted by Gasteiger charge is -2.44. The molecule has 0 aromatic heterocycles. The summed E-state index contributed by atoms with van der Waals surface area (Å²) in [6, 6.07) is 0. The molecule has 2 bridgehead atoms. The van der Waals surface area contributed by atoms with E-state index in [9.17, 15) is 80.9 Å². The third-order valence-corrected chi connectivity index (χ3v) is 8.27. The highest BCUT2D eigenvalue weighted by atomic mass is 19.4. The highest BCUT2D eigenvalue weighted by Crippen LogP contribution is 2.62. The number of alkyl halides is 15. The minimum atomic E-state index is -6.55. The summed E-state index contributed by atoms with van der Waals surface area (Å²) in [6.45, 7) is 1.28. The van der Waals surface area contributed by atoms with E-state index < -0.39 is 115 Å². The fourth-order valence-electron chi connectivity index (χ4n) is 5.49. The Hall–Kier alpha value is -1.66. The monoisotopic (exact) mass is 624 g/mol. The summed E-state index contributed by atoms with van der Waals surface area (Å²) in [5.41, 5.74) is -14.5. The summed E-state index contributed by atoms with van der Waals surface area (Å²) in [7, 11) is 0. The minimum absolute atomic E-state index is 0.377. The molecule has 4 nitrogen and oxygen atoms in total. The van der Waals surface area contributed by atoms with Gasteiger partial charge in [-0.3, -0.25) is 4.79 Å². The summed E-state index contributed by atoms with van der Waals surface area (Å²) in [5.74, 6) is -10.5. The van der Waals surface area contributed by atoms with Crippen LogP contribution in [0.5, 0.6) is 0 Å². The second kappa shape index (κ2) is 9.97. The fraction of sp³-hybridized carbons (Fsp3) is 0.952. The second-order valence-corrected chi connectivity index (χ2v) is 10.5. The van der Waals surface area contributed by atoms with Crippen molar-refractivity contribution in [1.29, 1.82) is 0 Å². The summed E-state index contributed by atoms with van der Waals surface area (Å²) in [4.78, 5) is 12.4. The maximum absolute atomic E-state index is 13.4. The van der Waals surface area contributed by atoms with Gasteiger partial charge in [-0.1, -0.05) is 6.92 Å². The van der Waals surface area contributed by atoms with E-state index in [1.54, 1.807) is 0 Å². The van der Waals surface area contributed by atoms with Gasteiger partial charge < -0.3 is 14.9 Å². The standard InChI is InChI=1S/C21H23F15O4/c1-3-14(2,17(22,23)24)13(37)40-12-5-8-4-9(12)11(7-16(39,20(31,32)33)21(34,35)36)10(8)6-15(38,18(25,26)27)19(28,29)30/h8-12,38-39H,3-7H2,1-2H3. The quantitative estimate of drug-likeness (QED) is 0.246. The molecule has 0 amide bonds. The number of carbonyl (C=O) groups excluding carboxylic acids is 1. The minimum Gasteiger partial charge on any atom is -0.461 e. The molecule has 6 unspecified atom stereocenters. The van der Waals surface area contributed by atoms with Gasteiger partial charge in [0.15, 0.2) is 5.41 Å². The van der Waals surface area contributed by atoms with Gasteiger partial charge in [0.05, 0.1) is 0 Å². The molecule has 0 radical (unpaired) electrons. The van der Waals surface area contributed by atoms with E-state index in [-0.39, 0.29) is 0 Å². The highest BCUT2D eigenvalue weighted by molar-refractivity contribution is 5.77. The highest BCUT2D eigenvalue weighted by Gasteiger charge is 2.75. The fourth-order valence-corrected chi connectivity index (χ4v) is 5.49. The molecule has 2 fully saturated rings. The average molecular weight is 624 g/mol. The number of halogens is 15. The van der Waals surface area contributed by atoms with Crippen LogP contribution < -0.4 is 0 Å². The smallest absolute Gasteiger partial charge is 0.426 e. The van der Waals surface area contributed by atoms with Crippen LogP contribution in [0.1, 0.15) is 46.0 Å². The van der Waals surface area contributed by atoms with Gasteiger partial charge in [0.25, 0.3) is 11.2 Å². The number of ether oxygens (including phenoxy) is 1. The normalized spacial score (nSPS) is 28.5. The first-order valence-corrected chi connectivity index (χ1v) is 11.5. The van der Waals surface area contributed by atoms with E-state index in [2.05, 4.69) is 0 Å². The van der Waals surface area contributed by atoms with Crippen molar-refractivity contribution in [1.82, 2.24) is 0 Å². The first kappa shape index (κ1) is 34.5. The van der Waals surface area contributed by atoms with Crippen LogP contribution in [0.3, 0.4) is 0 Å². The van der Waals surface area contributed by atoms with Gasteiger partial charge in [-0.25, -0.2) is 0 Å². The van der Waals surface area contributed by atoms with E-state index >= 15 is 0 Å². The molecule has 0 aromatic rings. The third-order valence-electron chi connectivity index (χ3n) is 8.27. The molecule has 19 heteroatoms. The molecule has 40 heavy (non-hydrogen) atoms. The van der Waals surface area contributed by atoms with Gasteiger partial charge in [0, 0.05) is 0 Å². The number of aliphatic hydroxyl groups is 2. The Balaban J connectivity index is 2.58. The van der Waals surface area contributed by atoms with Gasteiger partial charge in [0.2, 0.25) is 0 Å². The molecule has 2 rings (SSSR count). The summed E-state index contributed by atoms with van der Waals surface area (Å²) >= 11 is 0. The van der Waals surface area contributed by atoms with Gasteiger partial charge in [0.1, 0.15) is 6.10 Å². The number of rotatable bonds is 7. The average Bonchev–Trinajstić information content (AvgIpc) is 3.27. The lowest BCUT2D eigenvalue weighted by molar-refractivity contribution is -0.381. The second-order valence-electron chi connectivity index (χ2n) is 10.5. The van der Waals surface area contributed by atoms with Crippen molar-refractivity contribution in [2.24, 2.45) is 29.1 Å². The Labute approximate surface area is 215 Å². The topological polar surface area (TPSA) is 66.8 Å². The Kier molecular flexibility index (Phi) is 8.61. The van der Waals surface area contributed by atoms with Crippen LogP contribution in [0.15, 0.2) is 0 Å². The lowest BCUT2D eigenvalue weighted by atomic mass is 9.68. The van der Waals surface area contributed by atoms with Crippen LogP contribution in [-0.4, -0.2) is 64.4 Å². The third kappa shape index (κ3) is 5.56. The van der Waals surface area contributed by atoms with Crippen LogP contribution in [0, 0.1) is 29.1 Å². The summed E-state index contributed by atoms with van der Waals surface area (Å²) in [5, 5.41) is 19.2. The lowest BCUT2D eigenvalue weighted by Crippen LogP contribution is -2.61. The molecule has 6 atom stereocenters. The molecular weight excluding hydrogens is 601 g/mol. The maximum atomic E-state index is 13.4. The number of carbonyl (C=O) groups is 1. The van der Waals surface area contributed by atoms with Crippen LogP contribution in [0.4, 0.5) is 65.9 Å². The predicted octanol–water partition coefficient (Wildman–Crippen LogP) is 6.64. The molecule has 236 valence electrons. The number of hydrogen-bond donors (Lipinski definition) is 2. The van der Waals surface area contributed by atoms with Crippen molar-refractivity contribution in [3.63, 3.8) is 0 Å². The van der Waals surface area contributed by atoms with Crippen molar-refractivity contribution in [2.75, 3.05) is 0 Å². The zero-order chi connectivity index (χ0) is 31.7. The molecule has 2 N–H and O–H groups in total. The van der Waals surface area contributed by atoms with Crippen LogP contribution in [0.2, 0.25) is 0 Å². The number of fused-ring (bicyclic) bond motifs is 2. The summed E-state index contributed by atoms with van der Waals surface area (Å²) < 4.78 is 205. The van der Waals surface area contributed by atoms with Crippen LogP contribution >= 0.6 is 0 Å². The predicted molar refractivity (Wildman–Crippen MR) is 101 cm³/mol. The molecular formula is C21H23F15O4. The van der Waals surface area contributed by atoms with Gasteiger partial charge >= 0.3 is 36.9 Å². The summed E-state index contributed by atoms with van der Waals surface area (Å²) in [6.07, 6.45) is -40.8. The zero-order valence-corrected chi connectivity index (χ0v) is 20.3. The molecule has 2 aliphatic rings. The molecule has 2 aliphatic carbocycles. The van der Waals surface area contributed by atoms with E-state index in [0.29, 0.717) is 6.92 Å². The van der Waals surface area contributed by atoms with Crippen molar-refractivity contribution >= 4 is 5.97 Å². The molecule has 2 saturated carbocycles. The van der Waals surface area contributed by atoms with E-state index in [1.165, 1.54) is 0 Å². The van der Waals surface area contributed by atoms with Crippen LogP contribution in [-0.2, 0) is 9.53 Å². The van der Waals surface area contributed by atoms with Crippen molar-refractivity contribution in [2.45, 2.75) is 94.1 Å². The van der Waals surface area contributed by atoms with E-state index in [4.69, 9.17) is 4.74 Å². The Bertz CT molecular complexity index is 905. The maximum Gasteiger partial charge on any atom is 0.426 e. The molecule has 0 saturated heterocycles. The molecule has 0 aromatic carbocycles. The van der Waals surface area contributed by atoms with Gasteiger partial charge in [-0.15, -0.1) is 0 Å². The first-order chi connectivity index (χ1) is 17.5. The molecule has 0 heterocycles. The molecule has 0 spiro atoms. The van der Waals surface area contributed by atoms with Crippen LogP contribution in [0.25, 0.3) is 0 Å². The van der Waals surface area contributed by atoms with Crippen molar-refractivity contribution in [3.05, 3.63) is 0 Å². The zero-order valence-electron chi connectivity index (χ0n) is 20.3. The first-order valence-electron chi connectivity index (χ1n) is 11.5. The Morgan fingerprint density at radius 1 is 0.675 bits per heavy atom. The largest absolute Gasteiger partial charge is 0.461 e. The Morgan fingerprint density at radius 3 is 1.38 bits per heavy atom. The van der Waals surface area contributed by atoms with E-state index in [1.807, 2.05) is 0 Å². The number of hydrogen-bond acceptors (Lipinski definition) is 4.